The molecule has 0 saturated heterocycles. The molecular weight excluding hydrogens is 210 g/mol. The van der Waals surface area contributed by atoms with Gasteiger partial charge in [-0.05, 0) is 31.6 Å². The first kappa shape index (κ1) is 16.2. The second-order valence-electron chi connectivity index (χ2n) is 5.72. The van der Waals surface area contributed by atoms with Crippen LogP contribution < -0.4 is 5.73 Å². The molecule has 1 amide bonds. The first-order chi connectivity index (χ1) is 7.91. The Morgan fingerprint density at radius 3 is 2.24 bits per heavy atom. The lowest BCUT2D eigenvalue weighted by Gasteiger charge is -2.12. The molecule has 0 aromatic rings. The maximum Gasteiger partial charge on any atom is 0.241 e. The van der Waals surface area contributed by atoms with Gasteiger partial charge in [0.2, 0.25) is 5.91 Å². The number of carbonyl (C=O) groups excluding carboxylic acids is 1. The van der Waals surface area contributed by atoms with Gasteiger partial charge in [0.05, 0.1) is 0 Å². The summed E-state index contributed by atoms with van der Waals surface area (Å²) in [7, 11) is 0. The van der Waals surface area contributed by atoms with Gasteiger partial charge in [-0.15, -0.1) is 0 Å². The molecule has 0 heterocycles. The Morgan fingerprint density at radius 1 is 1.12 bits per heavy atom. The standard InChI is InChI=1S/C15H29NO/c1-12(2)7-5-8-13(3)9-6-10-14(4)11-15(16)17/h11-13H,5-10H2,1-4H3,(H2,16,17)/b14-11+. The number of hydrogen-bond acceptors (Lipinski definition) is 1. The van der Waals surface area contributed by atoms with Gasteiger partial charge in [-0.1, -0.05) is 52.0 Å². The zero-order valence-electron chi connectivity index (χ0n) is 12.0. The van der Waals surface area contributed by atoms with E-state index >= 15 is 0 Å². The summed E-state index contributed by atoms with van der Waals surface area (Å²) in [6, 6.07) is 0. The molecule has 1 atom stereocenters. The molecule has 100 valence electrons. The summed E-state index contributed by atoms with van der Waals surface area (Å²) >= 11 is 0. The number of primary amides is 1. The Kier molecular flexibility index (Phi) is 8.83. The van der Waals surface area contributed by atoms with E-state index in [1.165, 1.54) is 32.1 Å². The van der Waals surface area contributed by atoms with Crippen LogP contribution in [0, 0.1) is 11.8 Å². The molecule has 17 heavy (non-hydrogen) atoms. The molecule has 0 saturated carbocycles. The quantitative estimate of drug-likeness (QED) is 0.606. The topological polar surface area (TPSA) is 43.1 Å². The summed E-state index contributed by atoms with van der Waals surface area (Å²) in [6.45, 7) is 8.87. The number of allylic oxidation sites excluding steroid dienone is 1. The van der Waals surface area contributed by atoms with Crippen LogP contribution in [0.5, 0.6) is 0 Å². The molecule has 0 fully saturated rings. The summed E-state index contributed by atoms with van der Waals surface area (Å²) in [5.74, 6) is 1.30. The van der Waals surface area contributed by atoms with Crippen molar-refractivity contribution in [1.82, 2.24) is 0 Å². The number of nitrogens with two attached hydrogens (primary N) is 1. The fraction of sp³-hybridized carbons (Fsp3) is 0.800. The number of carbonyl (C=O) groups is 1. The average Bonchev–Trinajstić information content (AvgIpc) is 2.15. The van der Waals surface area contributed by atoms with Crippen LogP contribution in [0.1, 0.15) is 66.2 Å². The van der Waals surface area contributed by atoms with Crippen LogP contribution >= 0.6 is 0 Å². The van der Waals surface area contributed by atoms with Crippen molar-refractivity contribution in [3.8, 4) is 0 Å². The molecule has 0 aliphatic rings. The number of amides is 1. The van der Waals surface area contributed by atoms with Gasteiger partial charge in [0.25, 0.3) is 0 Å². The van der Waals surface area contributed by atoms with Gasteiger partial charge in [-0.25, -0.2) is 0 Å². The Morgan fingerprint density at radius 2 is 1.71 bits per heavy atom. The summed E-state index contributed by atoms with van der Waals surface area (Å²) in [5.41, 5.74) is 6.21. The highest BCUT2D eigenvalue weighted by atomic mass is 16.1. The van der Waals surface area contributed by atoms with Crippen LogP contribution in [0.2, 0.25) is 0 Å². The third kappa shape index (κ3) is 11.5. The van der Waals surface area contributed by atoms with Crippen LogP contribution in [-0.4, -0.2) is 5.91 Å². The first-order valence-corrected chi connectivity index (χ1v) is 6.88. The van der Waals surface area contributed by atoms with Crippen LogP contribution in [0.3, 0.4) is 0 Å². The Balaban J connectivity index is 3.57. The Bertz CT molecular complexity index is 243. The van der Waals surface area contributed by atoms with Crippen molar-refractivity contribution in [1.29, 1.82) is 0 Å². The van der Waals surface area contributed by atoms with Crippen molar-refractivity contribution in [3.05, 3.63) is 11.6 Å². The molecular formula is C15H29NO. The normalized spacial score (nSPS) is 14.1. The molecule has 0 aromatic heterocycles. The molecule has 2 N–H and O–H groups in total. The van der Waals surface area contributed by atoms with Gasteiger partial charge in [-0.2, -0.15) is 0 Å². The summed E-state index contributed by atoms with van der Waals surface area (Å²) in [4.78, 5) is 10.7. The monoisotopic (exact) mass is 239 g/mol. The molecule has 0 aliphatic heterocycles. The largest absolute Gasteiger partial charge is 0.366 e. The molecule has 0 bridgehead atoms. The zero-order valence-corrected chi connectivity index (χ0v) is 12.0. The van der Waals surface area contributed by atoms with Gasteiger partial charge in [0, 0.05) is 6.08 Å². The van der Waals surface area contributed by atoms with Crippen molar-refractivity contribution < 1.29 is 4.79 Å². The Hall–Kier alpha value is -0.790. The van der Waals surface area contributed by atoms with Gasteiger partial charge in [0.15, 0.2) is 0 Å². The van der Waals surface area contributed by atoms with Crippen molar-refractivity contribution in [3.63, 3.8) is 0 Å². The fourth-order valence-corrected chi connectivity index (χ4v) is 2.06. The molecule has 0 aliphatic carbocycles. The highest BCUT2D eigenvalue weighted by Crippen LogP contribution is 2.18. The van der Waals surface area contributed by atoms with Gasteiger partial charge < -0.3 is 5.73 Å². The van der Waals surface area contributed by atoms with Crippen molar-refractivity contribution >= 4 is 5.91 Å². The second kappa shape index (κ2) is 9.26. The lowest BCUT2D eigenvalue weighted by Crippen LogP contribution is -2.06. The molecule has 0 spiro atoms. The van der Waals surface area contributed by atoms with Crippen LogP contribution in [0.15, 0.2) is 11.6 Å². The van der Waals surface area contributed by atoms with E-state index in [9.17, 15) is 4.79 Å². The molecule has 0 aromatic carbocycles. The smallest absolute Gasteiger partial charge is 0.241 e. The maximum absolute atomic E-state index is 10.7. The van der Waals surface area contributed by atoms with Crippen LogP contribution in [0.4, 0.5) is 0 Å². The van der Waals surface area contributed by atoms with E-state index < -0.39 is 0 Å². The maximum atomic E-state index is 10.7. The molecule has 2 nitrogen and oxygen atoms in total. The van der Waals surface area contributed by atoms with Crippen LogP contribution in [-0.2, 0) is 4.79 Å². The molecule has 0 radical (unpaired) electrons. The van der Waals surface area contributed by atoms with Crippen LogP contribution in [0.25, 0.3) is 0 Å². The highest BCUT2D eigenvalue weighted by molar-refractivity contribution is 5.86. The van der Waals surface area contributed by atoms with Crippen molar-refractivity contribution in [2.45, 2.75) is 66.2 Å². The lowest BCUT2D eigenvalue weighted by atomic mass is 9.94. The number of rotatable bonds is 9. The van der Waals surface area contributed by atoms with E-state index in [4.69, 9.17) is 5.73 Å². The SMILES string of the molecule is C/C(=C\C(N)=O)CCCC(C)CCCC(C)C. The minimum Gasteiger partial charge on any atom is -0.366 e. The third-order valence-electron chi connectivity index (χ3n) is 3.14. The van der Waals surface area contributed by atoms with E-state index in [-0.39, 0.29) is 5.91 Å². The predicted octanol–water partition coefficient (Wildman–Crippen LogP) is 4.05. The van der Waals surface area contributed by atoms with Gasteiger partial charge in [0.1, 0.15) is 0 Å². The van der Waals surface area contributed by atoms with E-state index in [2.05, 4.69) is 20.8 Å². The first-order valence-electron chi connectivity index (χ1n) is 6.88. The fourth-order valence-electron chi connectivity index (χ4n) is 2.06. The predicted molar refractivity (Wildman–Crippen MR) is 74.7 cm³/mol. The summed E-state index contributed by atoms with van der Waals surface area (Å²) in [6.07, 6.45) is 8.97. The average molecular weight is 239 g/mol. The minimum absolute atomic E-state index is 0.326. The number of hydrogen-bond donors (Lipinski definition) is 1. The highest BCUT2D eigenvalue weighted by Gasteiger charge is 2.03. The molecule has 1 unspecified atom stereocenters. The van der Waals surface area contributed by atoms with E-state index in [1.54, 1.807) is 6.08 Å². The zero-order chi connectivity index (χ0) is 13.3. The van der Waals surface area contributed by atoms with E-state index in [0.29, 0.717) is 0 Å². The van der Waals surface area contributed by atoms with Crippen molar-refractivity contribution in [2.24, 2.45) is 17.6 Å². The molecule has 2 heteroatoms. The minimum atomic E-state index is -0.326. The summed E-state index contributed by atoms with van der Waals surface area (Å²) < 4.78 is 0. The molecule has 0 rings (SSSR count). The third-order valence-corrected chi connectivity index (χ3v) is 3.14. The van der Waals surface area contributed by atoms with E-state index in [0.717, 1.165) is 23.8 Å². The summed E-state index contributed by atoms with van der Waals surface area (Å²) in [5, 5.41) is 0. The van der Waals surface area contributed by atoms with E-state index in [1.807, 2.05) is 6.92 Å². The lowest BCUT2D eigenvalue weighted by molar-refractivity contribution is -0.113. The van der Waals surface area contributed by atoms with Gasteiger partial charge in [-0.3, -0.25) is 4.79 Å². The van der Waals surface area contributed by atoms with Gasteiger partial charge >= 0.3 is 0 Å². The Labute approximate surface area is 107 Å². The second-order valence-corrected chi connectivity index (χ2v) is 5.72. The van der Waals surface area contributed by atoms with Crippen molar-refractivity contribution in [2.75, 3.05) is 0 Å².